The lowest BCUT2D eigenvalue weighted by Gasteiger charge is -2.18. The van der Waals surface area contributed by atoms with Gasteiger partial charge in [0, 0.05) is 42.5 Å². The summed E-state index contributed by atoms with van der Waals surface area (Å²) in [5.41, 5.74) is 7.36. The number of para-hydroxylation sites is 1. The Labute approximate surface area is 191 Å². The van der Waals surface area contributed by atoms with Gasteiger partial charge >= 0.3 is 0 Å². The summed E-state index contributed by atoms with van der Waals surface area (Å²) in [6, 6.07) is 25.8. The highest BCUT2D eigenvalue weighted by atomic mass is 16.1. The predicted octanol–water partition coefficient (Wildman–Crippen LogP) is 6.35. The minimum absolute atomic E-state index is 0.0101. The number of carbonyl (C=O) groups excluding carboxylic acids is 1. The molecule has 0 saturated heterocycles. The zero-order chi connectivity index (χ0) is 22.5. The maximum absolute atomic E-state index is 12.8. The number of aromatic nitrogens is 1. The van der Waals surface area contributed by atoms with Gasteiger partial charge in [-0.25, -0.2) is 0 Å². The molecule has 1 amide bonds. The molecule has 0 spiro atoms. The Balaban J connectivity index is 1.77. The van der Waals surface area contributed by atoms with Gasteiger partial charge in [-0.1, -0.05) is 84.8 Å². The van der Waals surface area contributed by atoms with Gasteiger partial charge in [0.15, 0.2) is 0 Å². The van der Waals surface area contributed by atoms with Crippen molar-refractivity contribution in [2.75, 3.05) is 6.54 Å². The van der Waals surface area contributed by atoms with Crippen LogP contribution in [0.25, 0.3) is 10.9 Å². The fourth-order valence-corrected chi connectivity index (χ4v) is 4.39. The molecule has 0 aliphatic rings. The molecule has 0 bridgehead atoms. The highest BCUT2D eigenvalue weighted by molar-refractivity contribution is 5.86. The van der Waals surface area contributed by atoms with Gasteiger partial charge in [-0.05, 0) is 43.0 Å². The molecule has 3 nitrogen and oxygen atoms in total. The van der Waals surface area contributed by atoms with Crippen LogP contribution in [0, 0.1) is 13.8 Å². The number of hydrogen-bond donors (Lipinski definition) is 1. The number of nitrogens with zero attached hydrogens (tertiary/aromatic N) is 1. The smallest absolute Gasteiger partial charge is 0.220 e. The quantitative estimate of drug-likeness (QED) is 0.351. The van der Waals surface area contributed by atoms with Crippen LogP contribution in [0.3, 0.4) is 0 Å². The van der Waals surface area contributed by atoms with Gasteiger partial charge < -0.3 is 9.88 Å². The zero-order valence-electron chi connectivity index (χ0n) is 19.3. The van der Waals surface area contributed by atoms with E-state index in [9.17, 15) is 4.79 Å². The molecular weight excluding hydrogens is 392 g/mol. The Bertz CT molecular complexity index is 1200. The highest BCUT2D eigenvalue weighted by Crippen LogP contribution is 2.35. The zero-order valence-corrected chi connectivity index (χ0v) is 19.3. The third-order valence-corrected chi connectivity index (χ3v) is 6.07. The molecule has 164 valence electrons. The molecule has 0 radical (unpaired) electrons. The first-order chi connectivity index (χ1) is 15.5. The topological polar surface area (TPSA) is 34.0 Å². The number of rotatable bonds is 8. The minimum Gasteiger partial charge on any atom is -0.356 e. The molecule has 0 aliphatic carbocycles. The lowest BCUT2D eigenvalue weighted by Crippen LogP contribution is -2.26. The van der Waals surface area contributed by atoms with E-state index in [1.54, 1.807) is 0 Å². The van der Waals surface area contributed by atoms with Crippen LogP contribution < -0.4 is 5.32 Å². The van der Waals surface area contributed by atoms with Crippen LogP contribution in [0.5, 0.6) is 0 Å². The minimum atomic E-state index is 0.0101. The Morgan fingerprint density at radius 2 is 1.72 bits per heavy atom. The summed E-state index contributed by atoms with van der Waals surface area (Å²) in [5, 5.41) is 4.29. The summed E-state index contributed by atoms with van der Waals surface area (Å²) < 4.78 is 2.32. The van der Waals surface area contributed by atoms with Crippen LogP contribution in [0.1, 0.15) is 53.5 Å². The second-order valence-corrected chi connectivity index (χ2v) is 8.74. The van der Waals surface area contributed by atoms with Crippen LogP contribution in [0.2, 0.25) is 0 Å². The Kier molecular flexibility index (Phi) is 6.75. The van der Waals surface area contributed by atoms with Gasteiger partial charge in [0.2, 0.25) is 5.91 Å². The first-order valence-electron chi connectivity index (χ1n) is 11.5. The van der Waals surface area contributed by atoms with Crippen molar-refractivity contribution in [2.45, 2.75) is 46.1 Å². The summed E-state index contributed by atoms with van der Waals surface area (Å²) in [6.07, 6.45) is 3.64. The molecule has 1 heterocycles. The maximum atomic E-state index is 12.8. The van der Waals surface area contributed by atoms with Crippen LogP contribution >= 0.6 is 0 Å². The number of carbonyl (C=O) groups is 1. The monoisotopic (exact) mass is 424 g/mol. The van der Waals surface area contributed by atoms with Crippen molar-refractivity contribution < 1.29 is 4.79 Å². The molecule has 1 unspecified atom stereocenters. The molecule has 0 saturated carbocycles. The summed E-state index contributed by atoms with van der Waals surface area (Å²) in [5.74, 6) is 0.115. The Morgan fingerprint density at radius 1 is 0.938 bits per heavy atom. The number of nitrogens with one attached hydrogen (secondary N) is 1. The Hall–Kier alpha value is -3.33. The van der Waals surface area contributed by atoms with Crippen molar-refractivity contribution >= 4 is 16.8 Å². The van der Waals surface area contributed by atoms with Crippen molar-refractivity contribution in [3.05, 3.63) is 107 Å². The van der Waals surface area contributed by atoms with Crippen molar-refractivity contribution in [1.29, 1.82) is 0 Å². The Morgan fingerprint density at radius 3 is 2.47 bits per heavy atom. The van der Waals surface area contributed by atoms with Crippen LogP contribution in [-0.2, 0) is 11.3 Å². The van der Waals surface area contributed by atoms with Gasteiger partial charge in [-0.2, -0.15) is 0 Å². The number of benzene rings is 3. The first kappa shape index (κ1) is 21.9. The van der Waals surface area contributed by atoms with E-state index in [1.807, 2.05) is 0 Å². The molecular formula is C29H32N2O. The fraction of sp³-hybridized carbons (Fsp3) is 0.276. The number of aryl methyl sites for hydroxylation is 2. The van der Waals surface area contributed by atoms with Crippen LogP contribution in [0.15, 0.2) is 79.0 Å². The third kappa shape index (κ3) is 4.94. The molecule has 3 heteroatoms. The SMILES string of the molecule is CCCNC(=O)CC(c1cccc(C)c1)c1cn(Cc2ccc(C)cc2)c2ccccc12. The third-order valence-electron chi connectivity index (χ3n) is 6.07. The van der Waals surface area contributed by atoms with Gasteiger partial charge in [-0.3, -0.25) is 4.79 Å². The molecule has 4 rings (SSSR count). The van der Waals surface area contributed by atoms with E-state index < -0.39 is 0 Å². The van der Waals surface area contributed by atoms with Crippen LogP contribution in [0.4, 0.5) is 0 Å². The second kappa shape index (κ2) is 9.86. The molecule has 0 fully saturated rings. The van der Waals surface area contributed by atoms with E-state index in [0.717, 1.165) is 13.0 Å². The molecule has 0 aliphatic heterocycles. The standard InChI is InChI=1S/C29H32N2O/c1-4-16-30-29(32)18-26(24-9-7-8-22(3)17-24)27-20-31(28-11-6-5-10-25(27)28)19-23-14-12-21(2)13-15-23/h5-15,17,20,26H,4,16,18-19H2,1-3H3,(H,30,32). The summed E-state index contributed by atoms with van der Waals surface area (Å²) in [4.78, 5) is 12.8. The molecule has 3 aromatic carbocycles. The largest absolute Gasteiger partial charge is 0.356 e. The lowest BCUT2D eigenvalue weighted by atomic mass is 9.87. The lowest BCUT2D eigenvalue weighted by molar-refractivity contribution is -0.121. The average Bonchev–Trinajstić information content (AvgIpc) is 3.16. The van der Waals surface area contributed by atoms with Gasteiger partial charge in [-0.15, -0.1) is 0 Å². The van der Waals surface area contributed by atoms with Crippen molar-refractivity contribution in [3.8, 4) is 0 Å². The van der Waals surface area contributed by atoms with Crippen molar-refractivity contribution in [2.24, 2.45) is 0 Å². The summed E-state index contributed by atoms with van der Waals surface area (Å²) in [6.45, 7) is 7.83. The van der Waals surface area contributed by atoms with E-state index in [-0.39, 0.29) is 11.8 Å². The van der Waals surface area contributed by atoms with Gasteiger partial charge in [0.05, 0.1) is 0 Å². The molecule has 1 N–H and O–H groups in total. The fourth-order valence-electron chi connectivity index (χ4n) is 4.39. The van der Waals surface area contributed by atoms with E-state index in [4.69, 9.17) is 0 Å². The van der Waals surface area contributed by atoms with E-state index in [1.165, 1.54) is 38.7 Å². The number of amides is 1. The molecule has 4 aromatic rings. The van der Waals surface area contributed by atoms with Gasteiger partial charge in [0.1, 0.15) is 0 Å². The van der Waals surface area contributed by atoms with Crippen molar-refractivity contribution in [1.82, 2.24) is 9.88 Å². The van der Waals surface area contributed by atoms with E-state index in [0.29, 0.717) is 13.0 Å². The van der Waals surface area contributed by atoms with Crippen LogP contribution in [-0.4, -0.2) is 17.0 Å². The van der Waals surface area contributed by atoms with E-state index >= 15 is 0 Å². The molecule has 1 atom stereocenters. The normalized spacial score (nSPS) is 12.1. The number of fused-ring (bicyclic) bond motifs is 1. The van der Waals surface area contributed by atoms with E-state index in [2.05, 4.69) is 110 Å². The maximum Gasteiger partial charge on any atom is 0.220 e. The second-order valence-electron chi connectivity index (χ2n) is 8.74. The summed E-state index contributed by atoms with van der Waals surface area (Å²) >= 11 is 0. The average molecular weight is 425 g/mol. The molecule has 1 aromatic heterocycles. The summed E-state index contributed by atoms with van der Waals surface area (Å²) in [7, 11) is 0. The van der Waals surface area contributed by atoms with Gasteiger partial charge in [0.25, 0.3) is 0 Å². The number of hydrogen-bond acceptors (Lipinski definition) is 1. The molecule has 32 heavy (non-hydrogen) atoms. The first-order valence-corrected chi connectivity index (χ1v) is 11.5. The highest BCUT2D eigenvalue weighted by Gasteiger charge is 2.23. The predicted molar refractivity (Wildman–Crippen MR) is 133 cm³/mol. The van der Waals surface area contributed by atoms with Crippen molar-refractivity contribution in [3.63, 3.8) is 0 Å².